The van der Waals surface area contributed by atoms with E-state index in [0.717, 1.165) is 54.8 Å². The highest BCUT2D eigenvalue weighted by Gasteiger charge is 2.17. The van der Waals surface area contributed by atoms with Crippen LogP contribution in [-0.4, -0.2) is 21.0 Å². The van der Waals surface area contributed by atoms with Gasteiger partial charge in [0.15, 0.2) is 5.69 Å². The van der Waals surface area contributed by atoms with Crippen molar-refractivity contribution in [2.24, 2.45) is 5.73 Å². The Labute approximate surface area is 163 Å². The zero-order chi connectivity index (χ0) is 18.0. The Morgan fingerprint density at radius 2 is 2.00 bits per heavy atom. The van der Waals surface area contributed by atoms with Crippen LogP contribution < -0.4 is 5.73 Å². The van der Waals surface area contributed by atoms with Crippen molar-refractivity contribution in [3.63, 3.8) is 0 Å². The molecule has 1 amide bonds. The standard InChI is InChI=1S/C18H16BrN3OS2/c1-10(24)3-2-4-14-13-9-15(11-5-7-12(19)8-6-11)25-17(13)16(18(20)23)22-21-14/h5-9H,2-4H2,1H3,(H2,20,23). The molecule has 4 nitrogen and oxygen atoms in total. The second-order valence-corrected chi connectivity index (χ2v) is 8.44. The number of halogens is 1. The number of aromatic nitrogens is 2. The molecule has 128 valence electrons. The molecule has 0 aliphatic heterocycles. The normalized spacial score (nSPS) is 11.0. The van der Waals surface area contributed by atoms with Crippen LogP contribution in [0.2, 0.25) is 0 Å². The molecule has 0 aliphatic carbocycles. The molecule has 0 fully saturated rings. The Kier molecular flexibility index (Phi) is 5.56. The minimum Gasteiger partial charge on any atom is -0.364 e. The molecule has 2 aromatic heterocycles. The second kappa shape index (κ2) is 7.68. The summed E-state index contributed by atoms with van der Waals surface area (Å²) in [5, 5.41) is 9.27. The fourth-order valence-electron chi connectivity index (χ4n) is 2.60. The molecule has 0 bridgehead atoms. The minimum absolute atomic E-state index is 0.234. The number of hydrogen-bond donors (Lipinski definition) is 1. The van der Waals surface area contributed by atoms with Crippen molar-refractivity contribution in [2.75, 3.05) is 0 Å². The van der Waals surface area contributed by atoms with E-state index in [9.17, 15) is 4.79 Å². The fraction of sp³-hybridized carbons (Fsp3) is 0.222. The van der Waals surface area contributed by atoms with Crippen molar-refractivity contribution in [1.82, 2.24) is 10.2 Å². The molecule has 0 saturated heterocycles. The predicted octanol–water partition coefficient (Wildman–Crippen LogP) is 4.93. The molecule has 0 atom stereocenters. The fourth-order valence-corrected chi connectivity index (χ4v) is 4.18. The number of primary amides is 1. The molecule has 3 rings (SSSR count). The molecule has 7 heteroatoms. The van der Waals surface area contributed by atoms with E-state index in [4.69, 9.17) is 18.0 Å². The third-order valence-electron chi connectivity index (χ3n) is 3.83. The van der Waals surface area contributed by atoms with Crippen molar-refractivity contribution < 1.29 is 4.79 Å². The van der Waals surface area contributed by atoms with Gasteiger partial charge in [-0.15, -0.1) is 16.4 Å². The first-order chi connectivity index (χ1) is 12.0. The van der Waals surface area contributed by atoms with Gasteiger partial charge >= 0.3 is 0 Å². The van der Waals surface area contributed by atoms with Crippen molar-refractivity contribution >= 4 is 60.3 Å². The number of hydrogen-bond acceptors (Lipinski definition) is 5. The summed E-state index contributed by atoms with van der Waals surface area (Å²) in [6, 6.07) is 10.1. The summed E-state index contributed by atoms with van der Waals surface area (Å²) >= 11 is 10.1. The topological polar surface area (TPSA) is 68.9 Å². The van der Waals surface area contributed by atoms with Crippen LogP contribution >= 0.6 is 39.5 Å². The Balaban J connectivity index is 2.06. The maximum absolute atomic E-state index is 11.7. The van der Waals surface area contributed by atoms with Crippen molar-refractivity contribution in [3.05, 3.63) is 46.2 Å². The van der Waals surface area contributed by atoms with Crippen molar-refractivity contribution in [1.29, 1.82) is 0 Å². The first kappa shape index (κ1) is 18.1. The zero-order valence-corrected chi connectivity index (χ0v) is 16.8. The molecule has 0 aliphatic rings. The van der Waals surface area contributed by atoms with Gasteiger partial charge in [0, 0.05) is 14.7 Å². The number of nitrogens with two attached hydrogens (primary N) is 1. The third kappa shape index (κ3) is 4.11. The first-order valence-corrected chi connectivity index (χ1v) is 9.81. The van der Waals surface area contributed by atoms with Gasteiger partial charge in [0.25, 0.3) is 5.91 Å². The number of carbonyl (C=O) groups is 1. The monoisotopic (exact) mass is 433 g/mol. The van der Waals surface area contributed by atoms with Gasteiger partial charge in [-0.3, -0.25) is 4.79 Å². The lowest BCUT2D eigenvalue weighted by molar-refractivity contribution is 0.0996. The van der Waals surface area contributed by atoms with Crippen LogP contribution in [0.4, 0.5) is 0 Å². The summed E-state index contributed by atoms with van der Waals surface area (Å²) in [5.41, 5.74) is 7.68. The number of fused-ring (bicyclic) bond motifs is 1. The largest absolute Gasteiger partial charge is 0.364 e. The predicted molar refractivity (Wildman–Crippen MR) is 110 cm³/mol. The molecule has 0 saturated carbocycles. The lowest BCUT2D eigenvalue weighted by Gasteiger charge is -2.03. The SMILES string of the molecule is CC(=S)CCCc1nnc(C(N)=O)c2sc(-c3ccc(Br)cc3)cc12. The number of thiocarbonyl (C=S) groups is 1. The van der Waals surface area contributed by atoms with E-state index in [-0.39, 0.29) is 5.69 Å². The smallest absolute Gasteiger partial charge is 0.270 e. The highest BCUT2D eigenvalue weighted by molar-refractivity contribution is 9.10. The van der Waals surface area contributed by atoms with Crippen LogP contribution in [0.1, 0.15) is 35.9 Å². The number of nitrogens with zero attached hydrogens (tertiary/aromatic N) is 2. The Bertz CT molecular complexity index is 951. The molecule has 1 aromatic carbocycles. The van der Waals surface area contributed by atoms with Gasteiger partial charge in [0.05, 0.1) is 10.4 Å². The van der Waals surface area contributed by atoms with Crippen molar-refractivity contribution in [3.8, 4) is 10.4 Å². The van der Waals surface area contributed by atoms with E-state index < -0.39 is 5.91 Å². The first-order valence-electron chi connectivity index (χ1n) is 7.80. The summed E-state index contributed by atoms with van der Waals surface area (Å²) < 4.78 is 1.82. The maximum atomic E-state index is 11.7. The highest BCUT2D eigenvalue weighted by atomic mass is 79.9. The molecule has 2 N–H and O–H groups in total. The van der Waals surface area contributed by atoms with E-state index in [2.05, 4.69) is 32.2 Å². The Morgan fingerprint density at radius 1 is 1.28 bits per heavy atom. The average molecular weight is 434 g/mol. The van der Waals surface area contributed by atoms with Gasteiger partial charge in [-0.1, -0.05) is 40.3 Å². The van der Waals surface area contributed by atoms with Crippen LogP contribution in [0.25, 0.3) is 20.5 Å². The number of thiophene rings is 1. The maximum Gasteiger partial charge on any atom is 0.270 e. The summed E-state index contributed by atoms with van der Waals surface area (Å²) in [4.78, 5) is 13.8. The summed E-state index contributed by atoms with van der Waals surface area (Å²) in [6.45, 7) is 1.95. The quantitative estimate of drug-likeness (QED) is 0.559. The minimum atomic E-state index is -0.553. The second-order valence-electron chi connectivity index (χ2n) is 5.78. The molecule has 3 aromatic rings. The van der Waals surface area contributed by atoms with Gasteiger partial charge in [-0.2, -0.15) is 5.10 Å². The average Bonchev–Trinajstić information content (AvgIpc) is 3.00. The number of aryl methyl sites for hydroxylation is 1. The number of carbonyl (C=O) groups excluding carboxylic acids is 1. The lowest BCUT2D eigenvalue weighted by Crippen LogP contribution is -2.14. The third-order valence-corrected chi connectivity index (χ3v) is 5.76. The Hall–Kier alpha value is -1.70. The number of benzene rings is 1. The summed E-state index contributed by atoms with van der Waals surface area (Å²) in [6.07, 6.45) is 2.56. The molecule has 0 unspecified atom stereocenters. The van der Waals surface area contributed by atoms with E-state index in [1.807, 2.05) is 31.2 Å². The number of rotatable bonds is 6. The highest BCUT2D eigenvalue weighted by Crippen LogP contribution is 2.36. The molecular formula is C18H16BrN3OS2. The number of amides is 1. The molecule has 25 heavy (non-hydrogen) atoms. The van der Waals surface area contributed by atoms with Gasteiger partial charge in [0.1, 0.15) is 0 Å². The molecule has 2 heterocycles. The van der Waals surface area contributed by atoms with E-state index in [0.29, 0.717) is 0 Å². The van der Waals surface area contributed by atoms with Crippen LogP contribution in [0.5, 0.6) is 0 Å². The van der Waals surface area contributed by atoms with Gasteiger partial charge < -0.3 is 5.73 Å². The summed E-state index contributed by atoms with van der Waals surface area (Å²) in [7, 11) is 0. The van der Waals surface area contributed by atoms with Crippen LogP contribution in [-0.2, 0) is 6.42 Å². The molecule has 0 spiro atoms. The van der Waals surface area contributed by atoms with E-state index >= 15 is 0 Å². The molecule has 0 radical (unpaired) electrons. The van der Waals surface area contributed by atoms with Gasteiger partial charge in [0.2, 0.25) is 0 Å². The Morgan fingerprint density at radius 3 is 2.64 bits per heavy atom. The molecular weight excluding hydrogens is 418 g/mol. The van der Waals surface area contributed by atoms with Crippen LogP contribution in [0, 0.1) is 0 Å². The van der Waals surface area contributed by atoms with Crippen LogP contribution in [0.3, 0.4) is 0 Å². The van der Waals surface area contributed by atoms with E-state index in [1.165, 1.54) is 11.3 Å². The zero-order valence-electron chi connectivity index (χ0n) is 13.6. The lowest BCUT2D eigenvalue weighted by atomic mass is 10.1. The van der Waals surface area contributed by atoms with E-state index in [1.54, 1.807) is 0 Å². The van der Waals surface area contributed by atoms with Crippen LogP contribution in [0.15, 0.2) is 34.8 Å². The van der Waals surface area contributed by atoms with Gasteiger partial charge in [-0.05, 0) is 54.8 Å². The van der Waals surface area contributed by atoms with Crippen molar-refractivity contribution in [2.45, 2.75) is 26.2 Å². The summed E-state index contributed by atoms with van der Waals surface area (Å²) in [5.74, 6) is -0.553. The van der Waals surface area contributed by atoms with Gasteiger partial charge in [-0.25, -0.2) is 0 Å².